The van der Waals surface area contributed by atoms with Crippen LogP contribution in [0.15, 0.2) is 12.3 Å². The summed E-state index contributed by atoms with van der Waals surface area (Å²) in [6, 6.07) is 1.10. The topological polar surface area (TPSA) is 62.6 Å². The third kappa shape index (κ3) is 3.17. The largest absolute Gasteiger partial charge is 0.493 e. The van der Waals surface area contributed by atoms with Gasteiger partial charge in [0, 0.05) is 17.7 Å². The van der Waals surface area contributed by atoms with Crippen LogP contribution < -0.4 is 10.2 Å². The van der Waals surface area contributed by atoms with E-state index in [1.54, 1.807) is 0 Å². The molecule has 0 aliphatic heterocycles. The monoisotopic (exact) mass is 239 g/mol. The van der Waals surface area contributed by atoms with Gasteiger partial charge in [-0.1, -0.05) is 6.42 Å². The zero-order valence-electron chi connectivity index (χ0n) is 9.47. The number of hydrogen-bond donors (Lipinski definition) is 2. The Bertz CT molecular complexity index is 383. The van der Waals surface area contributed by atoms with Crippen LogP contribution in [0.5, 0.6) is 5.88 Å². The Morgan fingerprint density at radius 1 is 1.29 bits per heavy atom. The van der Waals surface area contributed by atoms with Gasteiger partial charge >= 0.3 is 7.12 Å². The van der Waals surface area contributed by atoms with E-state index in [1.165, 1.54) is 6.42 Å². The number of nitrogens with zero attached hydrogens (tertiary/aromatic N) is 1. The summed E-state index contributed by atoms with van der Waals surface area (Å²) in [5, 5.41) is 17.7. The van der Waals surface area contributed by atoms with Gasteiger partial charge in [0.1, 0.15) is 11.9 Å². The van der Waals surface area contributed by atoms with Gasteiger partial charge in [-0.3, -0.25) is 0 Å². The van der Waals surface area contributed by atoms with Gasteiger partial charge in [-0.05, 0) is 25.7 Å². The summed E-state index contributed by atoms with van der Waals surface area (Å²) in [7, 11) is -1.84. The minimum Gasteiger partial charge on any atom is -0.474 e. The standard InChI is InChI=1S/C11H15BFNO3/c13-10-6-11(14-7-9(10)12(15)16)17-8-4-2-1-3-5-8/h6-8,15-16H,1-5H2. The molecular formula is C11H15BFNO3. The van der Waals surface area contributed by atoms with Gasteiger partial charge in [0.25, 0.3) is 0 Å². The molecule has 1 aliphatic carbocycles. The van der Waals surface area contributed by atoms with E-state index in [1.807, 2.05) is 0 Å². The molecule has 92 valence electrons. The van der Waals surface area contributed by atoms with Crippen molar-refractivity contribution in [2.75, 3.05) is 0 Å². The molecule has 1 heterocycles. The molecule has 2 N–H and O–H groups in total. The number of hydrogen-bond acceptors (Lipinski definition) is 4. The van der Waals surface area contributed by atoms with Crippen LogP contribution in [0.2, 0.25) is 0 Å². The molecule has 1 aromatic heterocycles. The Labute approximate surface area is 99.6 Å². The summed E-state index contributed by atoms with van der Waals surface area (Å²) in [4.78, 5) is 3.87. The van der Waals surface area contributed by atoms with Gasteiger partial charge in [-0.2, -0.15) is 0 Å². The molecule has 0 atom stereocenters. The molecule has 0 radical (unpaired) electrons. The van der Waals surface area contributed by atoms with Gasteiger partial charge in [0.05, 0.1) is 0 Å². The zero-order valence-corrected chi connectivity index (χ0v) is 9.47. The molecule has 1 aliphatic rings. The molecule has 0 saturated heterocycles. The van der Waals surface area contributed by atoms with Gasteiger partial charge in [0.2, 0.25) is 5.88 Å². The maximum Gasteiger partial charge on any atom is 0.493 e. The maximum absolute atomic E-state index is 13.4. The van der Waals surface area contributed by atoms with Gasteiger partial charge in [-0.15, -0.1) is 0 Å². The second kappa shape index (κ2) is 5.47. The van der Waals surface area contributed by atoms with E-state index < -0.39 is 12.9 Å². The van der Waals surface area contributed by atoms with Crippen LogP contribution in [0.4, 0.5) is 4.39 Å². The summed E-state index contributed by atoms with van der Waals surface area (Å²) in [5.74, 6) is -0.500. The number of rotatable bonds is 3. The summed E-state index contributed by atoms with van der Waals surface area (Å²) < 4.78 is 19.0. The number of ether oxygens (including phenoxy) is 1. The number of pyridine rings is 1. The quantitative estimate of drug-likeness (QED) is 0.758. The van der Waals surface area contributed by atoms with Crippen molar-refractivity contribution in [2.45, 2.75) is 38.2 Å². The van der Waals surface area contributed by atoms with Gasteiger partial charge < -0.3 is 14.8 Å². The van der Waals surface area contributed by atoms with Crippen LogP contribution in [-0.4, -0.2) is 28.3 Å². The summed E-state index contributed by atoms with van der Waals surface area (Å²) in [5.41, 5.74) is -0.235. The molecule has 0 amide bonds. The van der Waals surface area contributed by atoms with E-state index in [4.69, 9.17) is 14.8 Å². The third-order valence-electron chi connectivity index (χ3n) is 2.97. The summed E-state index contributed by atoms with van der Waals surface area (Å²) >= 11 is 0. The molecule has 6 heteroatoms. The molecular weight excluding hydrogens is 224 g/mol. The predicted octanol–water partition coefficient (Wildman–Crippen LogP) is 0.612. The fourth-order valence-corrected chi connectivity index (χ4v) is 2.03. The van der Waals surface area contributed by atoms with Crippen molar-refractivity contribution in [3.05, 3.63) is 18.1 Å². The molecule has 1 fully saturated rings. The minimum atomic E-state index is -1.84. The second-order valence-corrected chi connectivity index (χ2v) is 4.30. The average molecular weight is 239 g/mol. The van der Waals surface area contributed by atoms with Gasteiger partial charge in [-0.25, -0.2) is 9.37 Å². The van der Waals surface area contributed by atoms with Crippen LogP contribution >= 0.6 is 0 Å². The average Bonchev–Trinajstić information content (AvgIpc) is 2.30. The fourth-order valence-electron chi connectivity index (χ4n) is 2.03. The smallest absolute Gasteiger partial charge is 0.474 e. The first kappa shape index (κ1) is 12.3. The Kier molecular flexibility index (Phi) is 3.96. The Hall–Kier alpha value is -1.14. The predicted molar refractivity (Wildman–Crippen MR) is 61.5 cm³/mol. The van der Waals surface area contributed by atoms with Crippen molar-refractivity contribution in [3.63, 3.8) is 0 Å². The normalized spacial score (nSPS) is 16.9. The van der Waals surface area contributed by atoms with Crippen molar-refractivity contribution in [3.8, 4) is 5.88 Å². The molecule has 0 spiro atoms. The van der Waals surface area contributed by atoms with Crippen molar-refractivity contribution < 1.29 is 19.2 Å². The first-order valence-corrected chi connectivity index (χ1v) is 5.85. The van der Waals surface area contributed by atoms with E-state index in [-0.39, 0.29) is 17.4 Å². The first-order chi connectivity index (χ1) is 8.16. The lowest BCUT2D eigenvalue weighted by atomic mass is 9.81. The van der Waals surface area contributed by atoms with Crippen LogP contribution in [0.25, 0.3) is 0 Å². The van der Waals surface area contributed by atoms with Crippen molar-refractivity contribution >= 4 is 12.6 Å². The van der Waals surface area contributed by atoms with Crippen LogP contribution in [0.1, 0.15) is 32.1 Å². The highest BCUT2D eigenvalue weighted by molar-refractivity contribution is 6.58. The molecule has 4 nitrogen and oxygen atoms in total. The SMILES string of the molecule is OB(O)c1cnc(OC2CCCCC2)cc1F. The summed E-state index contributed by atoms with van der Waals surface area (Å²) in [6.45, 7) is 0. The van der Waals surface area contributed by atoms with Crippen LogP contribution in [0, 0.1) is 5.82 Å². The lowest BCUT2D eigenvalue weighted by molar-refractivity contribution is 0.148. The molecule has 0 unspecified atom stereocenters. The molecule has 1 aromatic rings. The lowest BCUT2D eigenvalue weighted by Crippen LogP contribution is -2.33. The van der Waals surface area contributed by atoms with E-state index in [0.29, 0.717) is 0 Å². The first-order valence-electron chi connectivity index (χ1n) is 5.85. The zero-order chi connectivity index (χ0) is 12.3. The van der Waals surface area contributed by atoms with E-state index in [2.05, 4.69) is 4.98 Å². The summed E-state index contributed by atoms with van der Waals surface area (Å²) in [6.07, 6.45) is 6.60. The fraction of sp³-hybridized carbons (Fsp3) is 0.545. The second-order valence-electron chi connectivity index (χ2n) is 4.30. The molecule has 1 saturated carbocycles. The number of aromatic nitrogens is 1. The maximum atomic E-state index is 13.4. The van der Waals surface area contributed by atoms with E-state index >= 15 is 0 Å². The van der Waals surface area contributed by atoms with Crippen molar-refractivity contribution in [2.24, 2.45) is 0 Å². The lowest BCUT2D eigenvalue weighted by Gasteiger charge is -2.22. The molecule has 2 rings (SSSR count). The van der Waals surface area contributed by atoms with E-state index in [0.717, 1.165) is 37.9 Å². The van der Waals surface area contributed by atoms with Gasteiger partial charge in [0.15, 0.2) is 0 Å². The number of halogens is 1. The highest BCUT2D eigenvalue weighted by Crippen LogP contribution is 2.22. The van der Waals surface area contributed by atoms with Crippen molar-refractivity contribution in [1.82, 2.24) is 4.98 Å². The molecule has 17 heavy (non-hydrogen) atoms. The van der Waals surface area contributed by atoms with Crippen LogP contribution in [-0.2, 0) is 0 Å². The highest BCUT2D eigenvalue weighted by atomic mass is 19.1. The Morgan fingerprint density at radius 3 is 2.59 bits per heavy atom. The van der Waals surface area contributed by atoms with E-state index in [9.17, 15) is 4.39 Å². The minimum absolute atomic E-state index is 0.0977. The third-order valence-corrected chi connectivity index (χ3v) is 2.97. The Balaban J connectivity index is 2.04. The highest BCUT2D eigenvalue weighted by Gasteiger charge is 2.20. The molecule has 0 bridgehead atoms. The Morgan fingerprint density at radius 2 is 2.00 bits per heavy atom. The van der Waals surface area contributed by atoms with Crippen molar-refractivity contribution in [1.29, 1.82) is 0 Å². The van der Waals surface area contributed by atoms with Crippen LogP contribution in [0.3, 0.4) is 0 Å². The molecule has 0 aromatic carbocycles.